The van der Waals surface area contributed by atoms with Gasteiger partial charge in [0.15, 0.2) is 5.78 Å². The molecule has 0 aliphatic heterocycles. The summed E-state index contributed by atoms with van der Waals surface area (Å²) in [7, 11) is 0. The molecular formula is C42H50IrNO3-. The quantitative estimate of drug-likeness (QED) is 0.0915. The first kappa shape index (κ1) is 36.6. The Bertz CT molecular complexity index is 1920. The molecule has 0 fully saturated rings. The number of fused-ring (bicyclic) bond motifs is 3. The number of ketones is 1. The van der Waals surface area contributed by atoms with Gasteiger partial charge < -0.3 is 9.52 Å². The van der Waals surface area contributed by atoms with Gasteiger partial charge in [-0.25, -0.2) is 0 Å². The minimum atomic E-state index is -0.199. The van der Waals surface area contributed by atoms with Gasteiger partial charge in [0, 0.05) is 60.7 Å². The van der Waals surface area contributed by atoms with Crippen molar-refractivity contribution in [2.75, 3.05) is 0 Å². The van der Waals surface area contributed by atoms with E-state index in [1.165, 1.54) is 39.1 Å². The van der Waals surface area contributed by atoms with E-state index in [2.05, 4.69) is 77.1 Å². The van der Waals surface area contributed by atoms with Gasteiger partial charge in [-0.3, -0.25) is 9.78 Å². The average molecular weight is 809 g/mol. The molecule has 0 spiro atoms. The SMILES string of the molecule is CCC(CC)C(=O)/C=C(\O)C(CC)CC.Cc1ccc2[c-]c3c(cc2c1)C(C)(C)c1ccc(CC(C)C)c2oc4ccnc-3c4c12.[Ir]. The number of allylic oxidation sites excluding steroid dienone is 2. The van der Waals surface area contributed by atoms with Crippen LogP contribution in [0, 0.1) is 30.7 Å². The molecule has 2 heterocycles. The number of aromatic nitrogens is 1. The zero-order valence-electron chi connectivity index (χ0n) is 29.5. The third-order valence-corrected chi connectivity index (χ3v) is 9.94. The number of aryl methyl sites for hydroxylation is 1. The van der Waals surface area contributed by atoms with Crippen LogP contribution in [-0.4, -0.2) is 15.9 Å². The molecule has 0 saturated heterocycles. The molecule has 47 heavy (non-hydrogen) atoms. The average Bonchev–Trinajstić information content (AvgIpc) is 3.39. The third kappa shape index (κ3) is 6.99. The number of hydrogen-bond acceptors (Lipinski definition) is 4. The summed E-state index contributed by atoms with van der Waals surface area (Å²) in [6.45, 7) is 19.4. The fourth-order valence-electron chi connectivity index (χ4n) is 7.13. The number of aliphatic hydroxyl groups excluding tert-OH is 1. The summed E-state index contributed by atoms with van der Waals surface area (Å²) < 4.78 is 6.50. The fraction of sp³-hybridized carbons (Fsp3) is 0.429. The van der Waals surface area contributed by atoms with E-state index in [1.54, 1.807) is 0 Å². The van der Waals surface area contributed by atoms with E-state index in [4.69, 9.17) is 9.40 Å². The molecule has 0 amide bonds. The third-order valence-electron chi connectivity index (χ3n) is 9.94. The van der Waals surface area contributed by atoms with Crippen LogP contribution in [0.3, 0.4) is 0 Å². The molecule has 0 atom stereocenters. The maximum Gasteiger partial charge on any atom is 0.162 e. The number of furan rings is 1. The van der Waals surface area contributed by atoms with Gasteiger partial charge in [-0.1, -0.05) is 102 Å². The molecule has 0 bridgehead atoms. The molecule has 6 rings (SSSR count). The Morgan fingerprint density at radius 2 is 1.62 bits per heavy atom. The van der Waals surface area contributed by atoms with Gasteiger partial charge in [-0.05, 0) is 67.6 Å². The first-order valence-electron chi connectivity index (χ1n) is 17.2. The summed E-state index contributed by atoms with van der Waals surface area (Å²) in [5, 5.41) is 14.5. The topological polar surface area (TPSA) is 63.3 Å². The maximum absolute atomic E-state index is 11.7. The summed E-state index contributed by atoms with van der Waals surface area (Å²) in [5.41, 5.74) is 8.96. The van der Waals surface area contributed by atoms with Crippen molar-refractivity contribution in [2.45, 2.75) is 99.8 Å². The van der Waals surface area contributed by atoms with Gasteiger partial charge in [-0.2, -0.15) is 0 Å². The van der Waals surface area contributed by atoms with Crippen LogP contribution in [0.25, 0.3) is 44.0 Å². The number of rotatable bonds is 9. The Morgan fingerprint density at radius 3 is 2.26 bits per heavy atom. The van der Waals surface area contributed by atoms with Crippen LogP contribution in [0.2, 0.25) is 0 Å². The maximum atomic E-state index is 11.7. The van der Waals surface area contributed by atoms with Crippen molar-refractivity contribution in [1.82, 2.24) is 4.98 Å². The molecule has 1 aliphatic rings. The van der Waals surface area contributed by atoms with Crippen molar-refractivity contribution >= 4 is 38.5 Å². The molecule has 1 aliphatic carbocycles. The van der Waals surface area contributed by atoms with Gasteiger partial charge in [0.05, 0.1) is 5.76 Å². The van der Waals surface area contributed by atoms with Crippen LogP contribution < -0.4 is 0 Å². The Labute approximate surface area is 294 Å². The minimum absolute atomic E-state index is 0. The Balaban J connectivity index is 0.000000269. The van der Waals surface area contributed by atoms with E-state index < -0.39 is 0 Å². The first-order chi connectivity index (χ1) is 21.9. The molecule has 0 saturated carbocycles. The van der Waals surface area contributed by atoms with Crippen LogP contribution in [-0.2, 0) is 36.7 Å². The Hall–Kier alpha value is -3.27. The van der Waals surface area contributed by atoms with Crippen LogP contribution in [0.15, 0.2) is 64.9 Å². The normalized spacial score (nSPS) is 13.7. The van der Waals surface area contributed by atoms with Gasteiger partial charge in [0.25, 0.3) is 0 Å². The molecule has 3 aromatic carbocycles. The van der Waals surface area contributed by atoms with E-state index in [1.807, 2.05) is 40.0 Å². The molecule has 0 unspecified atom stereocenters. The predicted molar refractivity (Wildman–Crippen MR) is 193 cm³/mol. The largest absolute Gasteiger partial charge is 0.512 e. The zero-order chi connectivity index (χ0) is 33.3. The van der Waals surface area contributed by atoms with Crippen LogP contribution >= 0.6 is 0 Å². The van der Waals surface area contributed by atoms with Crippen molar-refractivity contribution in [3.8, 4) is 11.3 Å². The second-order valence-electron chi connectivity index (χ2n) is 14.0. The van der Waals surface area contributed by atoms with Crippen LogP contribution in [0.5, 0.6) is 0 Å². The number of aliphatic hydroxyl groups is 1. The summed E-state index contributed by atoms with van der Waals surface area (Å²) >= 11 is 0. The van der Waals surface area contributed by atoms with Gasteiger partial charge in [0.2, 0.25) is 0 Å². The van der Waals surface area contributed by atoms with Crippen molar-refractivity contribution in [3.05, 3.63) is 88.8 Å². The van der Waals surface area contributed by atoms with Crippen LogP contribution in [0.4, 0.5) is 0 Å². The van der Waals surface area contributed by atoms with Gasteiger partial charge in [0.1, 0.15) is 11.2 Å². The number of nitrogens with zero attached hydrogens (tertiary/aromatic N) is 1. The molecule has 1 radical (unpaired) electrons. The fourth-order valence-corrected chi connectivity index (χ4v) is 7.13. The van der Waals surface area contributed by atoms with E-state index >= 15 is 0 Å². The van der Waals surface area contributed by atoms with Crippen molar-refractivity contribution in [2.24, 2.45) is 17.8 Å². The number of benzene rings is 3. The standard InChI is InChI=1S/C29H26NO.C13H24O2.Ir/c1-16(2)12-19-8-9-22-25-26-24(31-28(19)25)10-11-30-27(26)21-14-18-7-6-17(3)13-20(18)15-23(21)29(22,4)5;1-5-10(6-2)12(14)9-13(15)11(7-3)8-4;/h6-11,13,15-16H,12H2,1-5H3;9-11,14H,5-8H2,1-4H3;/q-1;;/b;12-9-;. The number of carbonyl (C=O) groups excluding carboxylic acids is 1. The monoisotopic (exact) mass is 809 g/mol. The van der Waals surface area contributed by atoms with Gasteiger partial charge in [-0.15, -0.1) is 23.6 Å². The number of hydrogen-bond donors (Lipinski definition) is 1. The van der Waals surface area contributed by atoms with E-state index in [9.17, 15) is 9.90 Å². The molecule has 251 valence electrons. The molecule has 5 aromatic rings. The smallest absolute Gasteiger partial charge is 0.162 e. The summed E-state index contributed by atoms with van der Waals surface area (Å²) in [6.07, 6.45) is 7.78. The molecule has 5 heteroatoms. The number of carbonyl (C=O) groups is 1. The van der Waals surface area contributed by atoms with E-state index in [0.29, 0.717) is 5.92 Å². The predicted octanol–water partition coefficient (Wildman–Crippen LogP) is 11.6. The Kier molecular flexibility index (Phi) is 11.6. The second kappa shape index (κ2) is 14.9. The van der Waals surface area contributed by atoms with Crippen molar-refractivity contribution in [1.29, 1.82) is 0 Å². The second-order valence-corrected chi connectivity index (χ2v) is 14.0. The summed E-state index contributed by atoms with van der Waals surface area (Å²) in [5.74, 6) is 1.11. The minimum Gasteiger partial charge on any atom is -0.512 e. The van der Waals surface area contributed by atoms with Crippen molar-refractivity contribution in [3.63, 3.8) is 0 Å². The summed E-state index contributed by atoms with van der Waals surface area (Å²) in [6, 6.07) is 19.3. The zero-order valence-corrected chi connectivity index (χ0v) is 31.9. The summed E-state index contributed by atoms with van der Waals surface area (Å²) in [4.78, 5) is 16.6. The molecular weight excluding hydrogens is 759 g/mol. The molecule has 4 nitrogen and oxygen atoms in total. The number of pyridine rings is 1. The Morgan fingerprint density at radius 1 is 0.936 bits per heavy atom. The van der Waals surface area contributed by atoms with E-state index in [-0.39, 0.29) is 48.9 Å². The van der Waals surface area contributed by atoms with Gasteiger partial charge >= 0.3 is 0 Å². The molecule has 2 aromatic heterocycles. The van der Waals surface area contributed by atoms with E-state index in [0.717, 1.165) is 65.3 Å². The van der Waals surface area contributed by atoms with Crippen molar-refractivity contribution < 1.29 is 34.4 Å². The molecule has 1 N–H and O–H groups in total. The van der Waals surface area contributed by atoms with Crippen LogP contribution in [0.1, 0.15) is 103 Å². The first-order valence-corrected chi connectivity index (χ1v) is 17.2.